The molecule has 0 aromatic heterocycles. The van der Waals surface area contributed by atoms with E-state index in [1.165, 1.54) is 16.7 Å². The molecule has 2 heterocycles. The van der Waals surface area contributed by atoms with Crippen molar-refractivity contribution in [2.45, 2.75) is 42.5 Å². The Morgan fingerprint density at radius 2 is 2.04 bits per heavy atom. The number of hydrogen-bond acceptors (Lipinski definition) is 7. The van der Waals surface area contributed by atoms with E-state index in [0.29, 0.717) is 0 Å². The van der Waals surface area contributed by atoms with Crippen LogP contribution in [0.3, 0.4) is 0 Å². The first-order chi connectivity index (χ1) is 12.8. The van der Waals surface area contributed by atoms with Gasteiger partial charge >= 0.3 is 51.4 Å². The van der Waals surface area contributed by atoms with Crippen LogP contribution in [0.25, 0.3) is 0 Å². The van der Waals surface area contributed by atoms with E-state index in [1.54, 1.807) is 20.1 Å². The largest absolute Gasteiger partial charge is 1.00 e. The van der Waals surface area contributed by atoms with Crippen molar-refractivity contribution in [3.8, 4) is 0 Å². The van der Waals surface area contributed by atoms with E-state index in [2.05, 4.69) is 10.5 Å². The van der Waals surface area contributed by atoms with E-state index in [1.807, 2.05) is 30.3 Å². The van der Waals surface area contributed by atoms with Crippen LogP contribution in [0.4, 0.5) is 0 Å². The molecule has 2 aliphatic heterocycles. The topological polar surface area (TPSA) is 111 Å². The minimum absolute atomic E-state index is 0. The summed E-state index contributed by atoms with van der Waals surface area (Å²) < 4.78 is -0.673. The molecular formula is C18H20KN3O5S. The number of amides is 2. The number of thioether (sulfide) groups is 1. The molecule has 0 spiro atoms. The number of benzene rings is 1. The van der Waals surface area contributed by atoms with Crippen molar-refractivity contribution in [2.24, 2.45) is 5.16 Å². The van der Waals surface area contributed by atoms with Crippen molar-refractivity contribution in [3.05, 3.63) is 35.9 Å². The van der Waals surface area contributed by atoms with Gasteiger partial charge in [0, 0.05) is 4.75 Å². The minimum atomic E-state index is -1.28. The van der Waals surface area contributed by atoms with E-state index in [9.17, 15) is 19.5 Å². The van der Waals surface area contributed by atoms with Gasteiger partial charge in [-0.1, -0.05) is 35.5 Å². The van der Waals surface area contributed by atoms with Crippen LogP contribution in [0.15, 0.2) is 35.5 Å². The molecule has 2 amide bonds. The number of aliphatic carboxylic acids is 1. The zero-order valence-electron chi connectivity index (χ0n) is 16.0. The summed E-state index contributed by atoms with van der Waals surface area (Å²) in [4.78, 5) is 42.0. The van der Waals surface area contributed by atoms with Crippen LogP contribution in [0.2, 0.25) is 0 Å². The number of carbonyl (C=O) groups is 3. The van der Waals surface area contributed by atoms with Gasteiger partial charge in [-0.05, 0) is 19.4 Å². The third-order valence-electron chi connectivity index (χ3n) is 4.48. The van der Waals surface area contributed by atoms with Crippen LogP contribution >= 0.6 is 11.8 Å². The van der Waals surface area contributed by atoms with Crippen LogP contribution in [-0.2, 0) is 19.2 Å². The average Bonchev–Trinajstić information content (AvgIpc) is 2.88. The van der Waals surface area contributed by atoms with Crippen LogP contribution in [-0.4, -0.2) is 57.7 Å². The number of oxime groups is 1. The fraction of sp³-hybridized carbons (Fsp3) is 0.444. The number of rotatable bonds is 7. The summed E-state index contributed by atoms with van der Waals surface area (Å²) in [5.74, 6) is -2.03. The number of fused-ring (bicyclic) bond motifs is 1. The quantitative estimate of drug-likeness (QED) is 0.160. The second-order valence-electron chi connectivity index (χ2n) is 6.85. The predicted octanol–water partition coefficient (Wildman–Crippen LogP) is -3.27. The summed E-state index contributed by atoms with van der Waals surface area (Å²) in [6.45, 7) is 3.58. The van der Waals surface area contributed by atoms with Crippen LogP contribution in [0.1, 0.15) is 25.8 Å². The average molecular weight is 430 g/mol. The fourth-order valence-corrected chi connectivity index (χ4v) is 4.82. The van der Waals surface area contributed by atoms with Gasteiger partial charge in [0.25, 0.3) is 0 Å². The molecule has 10 heteroatoms. The Morgan fingerprint density at radius 3 is 2.68 bits per heavy atom. The fourth-order valence-electron chi connectivity index (χ4n) is 3.20. The molecule has 0 bridgehead atoms. The van der Waals surface area contributed by atoms with E-state index in [-0.39, 0.29) is 70.3 Å². The normalized spacial score (nSPS) is 24.9. The van der Waals surface area contributed by atoms with Crippen LogP contribution in [0, 0.1) is 0 Å². The molecule has 0 radical (unpaired) electrons. The molecule has 0 saturated carbocycles. The van der Waals surface area contributed by atoms with Crippen molar-refractivity contribution in [2.75, 3.05) is 6.61 Å². The number of nitrogens with one attached hydrogen (secondary N) is 1. The molecule has 28 heavy (non-hydrogen) atoms. The Kier molecular flexibility index (Phi) is 8.12. The summed E-state index contributed by atoms with van der Waals surface area (Å²) in [5, 5.41) is 17.4. The Labute approximate surface area is 209 Å². The smallest absolute Gasteiger partial charge is 0.548 e. The first kappa shape index (κ1) is 23.4. The molecular weight excluding hydrogens is 409 g/mol. The van der Waals surface area contributed by atoms with Gasteiger partial charge in [-0.25, -0.2) is 0 Å². The second kappa shape index (κ2) is 9.73. The number of carbonyl (C=O) groups excluding carboxylic acids is 3. The molecule has 1 aromatic rings. The summed E-state index contributed by atoms with van der Waals surface area (Å²) in [6, 6.07) is 7.66. The van der Waals surface area contributed by atoms with Crippen LogP contribution < -0.4 is 61.8 Å². The summed E-state index contributed by atoms with van der Waals surface area (Å²) >= 11 is 1.35. The Morgan fingerprint density at radius 1 is 1.36 bits per heavy atom. The summed E-state index contributed by atoms with van der Waals surface area (Å²) in [7, 11) is 0. The number of hydrogen-bond donors (Lipinski definition) is 1. The van der Waals surface area contributed by atoms with Gasteiger partial charge in [0.1, 0.15) is 18.0 Å². The van der Waals surface area contributed by atoms with E-state index in [4.69, 9.17) is 4.84 Å². The first-order valence-electron chi connectivity index (χ1n) is 8.52. The van der Waals surface area contributed by atoms with Crippen molar-refractivity contribution >= 4 is 35.8 Å². The predicted molar refractivity (Wildman–Crippen MR) is 97.6 cm³/mol. The molecule has 0 aliphatic carbocycles. The molecule has 2 unspecified atom stereocenters. The maximum atomic E-state index is 12.3. The maximum absolute atomic E-state index is 12.3. The van der Waals surface area contributed by atoms with Crippen LogP contribution in [0.5, 0.6) is 0 Å². The first-order valence-corrected chi connectivity index (χ1v) is 9.40. The summed E-state index contributed by atoms with van der Waals surface area (Å²) in [6.07, 6.45) is 1.59. The number of β-lactam (4-membered cyclic amide) rings is 1. The molecule has 1 N–H and O–H groups in total. The third kappa shape index (κ3) is 4.98. The number of carboxylic acid groups (broad SMARTS) is 1. The number of carboxylic acids is 1. The van der Waals surface area contributed by atoms with E-state index >= 15 is 0 Å². The molecule has 1 aromatic carbocycles. The molecule has 8 nitrogen and oxygen atoms in total. The zero-order valence-corrected chi connectivity index (χ0v) is 19.9. The van der Waals surface area contributed by atoms with Gasteiger partial charge in [0.05, 0.1) is 24.6 Å². The van der Waals surface area contributed by atoms with E-state index in [0.717, 1.165) is 5.56 Å². The van der Waals surface area contributed by atoms with Gasteiger partial charge < -0.3 is 25.0 Å². The number of nitrogens with zero attached hydrogens (tertiary/aromatic N) is 2. The maximum Gasteiger partial charge on any atom is 1.00 e. The molecule has 3 rings (SSSR count). The Hall–Kier alpha value is -0.914. The minimum Gasteiger partial charge on any atom is -0.548 e. The van der Waals surface area contributed by atoms with Gasteiger partial charge in [0.2, 0.25) is 11.8 Å². The standard InChI is InChI=1S/C18H21N3O5S.K/c1-18(2)14(17(24)25)21-15(23)13(16(21)27-18)20-12(22)8-9-26-19-10-11-6-4-3-5-7-11;/h3-7,10,13-14,16H,8-9H2,1-2H3,(H,20,22)(H,24,25);/q;+1/p-1/b19-10+;/t13?,14-,16?;/m0./s1. The SMILES string of the molecule is CC1(C)SC2C(NC(=O)CCO/N=C/c3ccccc3)C(=O)N2[C@H]1C(=O)[O-].[K+]. The molecule has 144 valence electrons. The third-order valence-corrected chi connectivity index (χ3v) is 6.05. The van der Waals surface area contributed by atoms with Gasteiger partial charge in [0.15, 0.2) is 0 Å². The van der Waals surface area contributed by atoms with Crippen molar-refractivity contribution in [3.63, 3.8) is 0 Å². The van der Waals surface area contributed by atoms with Gasteiger partial charge in [-0.3, -0.25) is 9.59 Å². The Bertz CT molecular complexity index is 774. The monoisotopic (exact) mass is 429 g/mol. The van der Waals surface area contributed by atoms with Crippen molar-refractivity contribution in [1.82, 2.24) is 10.2 Å². The molecule has 3 atom stereocenters. The second-order valence-corrected chi connectivity index (χ2v) is 8.62. The molecule has 2 aliphatic rings. The van der Waals surface area contributed by atoms with Crippen molar-refractivity contribution < 1.29 is 75.7 Å². The Balaban J connectivity index is 0.00000280. The van der Waals surface area contributed by atoms with E-state index < -0.39 is 34.1 Å². The van der Waals surface area contributed by atoms with Gasteiger partial charge in [-0.2, -0.15) is 0 Å². The molecule has 2 fully saturated rings. The van der Waals surface area contributed by atoms with Gasteiger partial charge in [-0.15, -0.1) is 11.8 Å². The van der Waals surface area contributed by atoms with Crippen molar-refractivity contribution in [1.29, 1.82) is 0 Å². The zero-order chi connectivity index (χ0) is 19.6. The molecule has 2 saturated heterocycles. The summed E-state index contributed by atoms with van der Waals surface area (Å²) in [5.41, 5.74) is 0.880.